The Balaban J connectivity index is 1.86. The third kappa shape index (κ3) is 5.18. The summed E-state index contributed by atoms with van der Waals surface area (Å²) in [7, 11) is -2.25. The maximum atomic E-state index is 12.7. The normalized spacial score (nSPS) is 11.5. The van der Waals surface area contributed by atoms with Gasteiger partial charge in [-0.3, -0.25) is 10.1 Å². The van der Waals surface area contributed by atoms with Gasteiger partial charge in [0.2, 0.25) is 15.2 Å². The minimum Gasteiger partial charge on any atom is -0.495 e. The van der Waals surface area contributed by atoms with Gasteiger partial charge in [0.15, 0.2) is 4.34 Å². The van der Waals surface area contributed by atoms with Gasteiger partial charge in [-0.1, -0.05) is 37.3 Å². The second-order valence-corrected chi connectivity index (χ2v) is 10.5. The molecule has 3 rings (SSSR count). The van der Waals surface area contributed by atoms with Crippen LogP contribution in [-0.4, -0.2) is 48.0 Å². The SMILES string of the molecule is CCN(CC)S(=O)(=O)c1ccc(Sc2nnc(Nc3ccccc3OC)s2)c([N+](=O)[O-])c1. The van der Waals surface area contributed by atoms with Gasteiger partial charge in [-0.05, 0) is 36.0 Å². The predicted octanol–water partition coefficient (Wildman–Crippen LogP) is 4.38. The van der Waals surface area contributed by atoms with Crippen molar-refractivity contribution in [1.82, 2.24) is 14.5 Å². The lowest BCUT2D eigenvalue weighted by atomic mass is 10.3. The topological polar surface area (TPSA) is 128 Å². The maximum absolute atomic E-state index is 12.7. The fourth-order valence-electron chi connectivity index (χ4n) is 2.86. The summed E-state index contributed by atoms with van der Waals surface area (Å²) in [5.74, 6) is 0.637. The van der Waals surface area contributed by atoms with Crippen molar-refractivity contribution >= 4 is 49.6 Å². The summed E-state index contributed by atoms with van der Waals surface area (Å²) in [5.41, 5.74) is 0.400. The van der Waals surface area contributed by atoms with Gasteiger partial charge in [-0.2, -0.15) is 4.31 Å². The van der Waals surface area contributed by atoms with Crippen LogP contribution in [0.4, 0.5) is 16.5 Å². The molecule has 170 valence electrons. The largest absolute Gasteiger partial charge is 0.495 e. The van der Waals surface area contributed by atoms with E-state index in [1.165, 1.54) is 27.8 Å². The first kappa shape index (κ1) is 23.9. The van der Waals surface area contributed by atoms with E-state index in [0.717, 1.165) is 17.8 Å². The molecule has 32 heavy (non-hydrogen) atoms. The van der Waals surface area contributed by atoms with E-state index in [1.54, 1.807) is 27.0 Å². The molecule has 0 spiro atoms. The van der Waals surface area contributed by atoms with Gasteiger partial charge in [0, 0.05) is 19.2 Å². The summed E-state index contributed by atoms with van der Waals surface area (Å²) >= 11 is 2.26. The van der Waals surface area contributed by atoms with Gasteiger partial charge < -0.3 is 10.1 Å². The number of nitrogens with zero attached hydrogens (tertiary/aromatic N) is 4. The average molecular weight is 496 g/mol. The zero-order valence-corrected chi connectivity index (χ0v) is 20.0. The van der Waals surface area contributed by atoms with Gasteiger partial charge in [0.05, 0.1) is 27.5 Å². The molecule has 0 aliphatic heterocycles. The number of hydrogen-bond acceptors (Lipinski definition) is 10. The van der Waals surface area contributed by atoms with E-state index in [0.29, 0.717) is 20.9 Å². The maximum Gasteiger partial charge on any atom is 0.284 e. The molecule has 13 heteroatoms. The van der Waals surface area contributed by atoms with Crippen molar-refractivity contribution in [2.45, 2.75) is 28.0 Å². The van der Waals surface area contributed by atoms with Crippen LogP contribution in [0.2, 0.25) is 0 Å². The number of nitro groups is 1. The Hall–Kier alpha value is -2.74. The smallest absolute Gasteiger partial charge is 0.284 e. The van der Waals surface area contributed by atoms with E-state index in [9.17, 15) is 18.5 Å². The van der Waals surface area contributed by atoms with Gasteiger partial charge in [0.25, 0.3) is 5.69 Å². The highest BCUT2D eigenvalue weighted by Gasteiger charge is 2.26. The minimum absolute atomic E-state index is 0.118. The van der Waals surface area contributed by atoms with Crippen molar-refractivity contribution in [2.24, 2.45) is 0 Å². The minimum atomic E-state index is -3.81. The highest BCUT2D eigenvalue weighted by Crippen LogP contribution is 2.39. The van der Waals surface area contributed by atoms with Crippen molar-refractivity contribution in [1.29, 1.82) is 0 Å². The van der Waals surface area contributed by atoms with Crippen molar-refractivity contribution in [3.05, 3.63) is 52.6 Å². The number of aromatic nitrogens is 2. The van der Waals surface area contributed by atoms with Gasteiger partial charge in [0.1, 0.15) is 5.75 Å². The molecule has 0 fully saturated rings. The summed E-state index contributed by atoms with van der Waals surface area (Å²) < 4.78 is 32.5. The highest BCUT2D eigenvalue weighted by atomic mass is 32.2. The van der Waals surface area contributed by atoms with Crippen LogP contribution in [-0.2, 0) is 10.0 Å². The van der Waals surface area contributed by atoms with E-state index in [4.69, 9.17) is 4.74 Å². The summed E-state index contributed by atoms with van der Waals surface area (Å²) in [6.45, 7) is 3.98. The van der Waals surface area contributed by atoms with Gasteiger partial charge >= 0.3 is 0 Å². The Kier molecular flexibility index (Phi) is 7.66. The number of hydrogen-bond donors (Lipinski definition) is 1. The molecule has 0 saturated carbocycles. The molecule has 0 aliphatic carbocycles. The number of nitrogens with one attached hydrogen (secondary N) is 1. The number of anilines is 2. The molecule has 1 heterocycles. The first-order valence-corrected chi connectivity index (χ1v) is 12.6. The van der Waals surface area contributed by atoms with Crippen molar-refractivity contribution in [3.8, 4) is 5.75 Å². The number of ether oxygens (including phenoxy) is 1. The molecule has 0 radical (unpaired) electrons. The molecule has 10 nitrogen and oxygen atoms in total. The van der Waals surface area contributed by atoms with Crippen LogP contribution in [0.15, 0.2) is 56.6 Å². The molecule has 0 atom stereocenters. The van der Waals surface area contributed by atoms with Crippen LogP contribution in [0.25, 0.3) is 0 Å². The van der Waals surface area contributed by atoms with E-state index in [-0.39, 0.29) is 28.6 Å². The Bertz CT molecular complexity index is 1210. The van der Waals surface area contributed by atoms with Crippen molar-refractivity contribution in [3.63, 3.8) is 0 Å². The molecule has 0 unspecified atom stereocenters. The number of methoxy groups -OCH3 is 1. The standard InChI is InChI=1S/C19H21N5O5S3/c1-4-23(5-2)32(27,28)13-10-11-17(15(12-13)24(25)26)30-19-22-21-18(31-19)20-14-8-6-7-9-16(14)29-3/h6-12H,4-5H2,1-3H3,(H,20,21). The Morgan fingerprint density at radius 1 is 1.19 bits per heavy atom. The van der Waals surface area contributed by atoms with Gasteiger partial charge in [-0.15, -0.1) is 10.2 Å². The lowest BCUT2D eigenvalue weighted by Crippen LogP contribution is -2.30. The lowest BCUT2D eigenvalue weighted by molar-refractivity contribution is -0.388. The van der Waals surface area contributed by atoms with Crippen LogP contribution in [0.1, 0.15) is 13.8 Å². The summed E-state index contributed by atoms with van der Waals surface area (Å²) in [6.07, 6.45) is 0. The first-order valence-electron chi connectivity index (χ1n) is 9.50. The van der Waals surface area contributed by atoms with E-state index >= 15 is 0 Å². The molecular formula is C19H21N5O5S3. The first-order chi connectivity index (χ1) is 15.3. The second-order valence-electron chi connectivity index (χ2n) is 6.28. The molecule has 1 N–H and O–H groups in total. The van der Waals surface area contributed by atoms with Crippen molar-refractivity contribution < 1.29 is 18.1 Å². The van der Waals surface area contributed by atoms with Crippen molar-refractivity contribution in [2.75, 3.05) is 25.5 Å². The lowest BCUT2D eigenvalue weighted by Gasteiger charge is -2.18. The predicted molar refractivity (Wildman–Crippen MR) is 124 cm³/mol. The number of sulfonamides is 1. The third-order valence-electron chi connectivity index (χ3n) is 4.42. The average Bonchev–Trinajstić information content (AvgIpc) is 3.21. The molecular weight excluding hydrogens is 474 g/mol. The van der Waals surface area contributed by atoms with E-state index < -0.39 is 14.9 Å². The number of rotatable bonds is 10. The molecule has 2 aromatic carbocycles. The van der Waals surface area contributed by atoms with Gasteiger partial charge in [-0.25, -0.2) is 8.42 Å². The zero-order valence-electron chi connectivity index (χ0n) is 17.5. The molecule has 0 aliphatic rings. The summed E-state index contributed by atoms with van der Waals surface area (Å²) in [5, 5.41) is 23.4. The Morgan fingerprint density at radius 2 is 1.91 bits per heavy atom. The highest BCUT2D eigenvalue weighted by molar-refractivity contribution is 8.01. The Morgan fingerprint density at radius 3 is 2.56 bits per heavy atom. The molecule has 3 aromatic rings. The zero-order chi connectivity index (χ0) is 23.3. The van der Waals surface area contributed by atoms with Crippen LogP contribution >= 0.6 is 23.1 Å². The second kappa shape index (κ2) is 10.3. The quantitative estimate of drug-likeness (QED) is 0.322. The molecule has 0 saturated heterocycles. The van der Waals surface area contributed by atoms with Crippen LogP contribution in [0.3, 0.4) is 0 Å². The molecule has 0 bridgehead atoms. The fraction of sp³-hybridized carbons (Fsp3) is 0.263. The third-order valence-corrected chi connectivity index (χ3v) is 8.42. The summed E-state index contributed by atoms with van der Waals surface area (Å²) in [6, 6.07) is 11.2. The van der Waals surface area contributed by atoms with E-state index in [2.05, 4.69) is 15.5 Å². The monoisotopic (exact) mass is 495 g/mol. The number of benzene rings is 2. The number of nitro benzene ring substituents is 1. The molecule has 0 amide bonds. The van der Waals surface area contributed by atoms with E-state index in [1.807, 2.05) is 18.2 Å². The molecule has 1 aromatic heterocycles. The van der Waals surface area contributed by atoms with Crippen LogP contribution in [0, 0.1) is 10.1 Å². The van der Waals surface area contributed by atoms with Crippen LogP contribution < -0.4 is 10.1 Å². The fourth-order valence-corrected chi connectivity index (χ4v) is 6.14. The number of para-hydroxylation sites is 2. The Labute approximate surface area is 193 Å². The summed E-state index contributed by atoms with van der Waals surface area (Å²) in [4.78, 5) is 11.2. The van der Waals surface area contributed by atoms with Crippen LogP contribution in [0.5, 0.6) is 5.75 Å².